The quantitative estimate of drug-likeness (QED) is 0.853. The highest BCUT2D eigenvalue weighted by Gasteiger charge is 2.30. The number of hydrogen-bond donors (Lipinski definition) is 1. The molecular formula is C23H28N4O2. The van der Waals surface area contributed by atoms with E-state index >= 15 is 0 Å². The largest absolute Gasteiger partial charge is 0.342 e. The average molecular weight is 393 g/mol. The van der Waals surface area contributed by atoms with Gasteiger partial charge in [-0.3, -0.25) is 9.59 Å². The lowest BCUT2D eigenvalue weighted by Crippen LogP contribution is -2.43. The van der Waals surface area contributed by atoms with Crippen molar-refractivity contribution in [3.8, 4) is 0 Å². The first kappa shape index (κ1) is 19.6. The summed E-state index contributed by atoms with van der Waals surface area (Å²) in [5, 5.41) is 2.78. The normalized spacial score (nSPS) is 20.3. The van der Waals surface area contributed by atoms with Gasteiger partial charge in [-0.15, -0.1) is 0 Å². The van der Waals surface area contributed by atoms with Gasteiger partial charge in [-0.25, -0.2) is 9.97 Å². The van der Waals surface area contributed by atoms with E-state index in [9.17, 15) is 9.59 Å². The second-order valence-corrected chi connectivity index (χ2v) is 8.08. The monoisotopic (exact) mass is 392 g/mol. The Hall–Kier alpha value is -2.76. The maximum absolute atomic E-state index is 12.9. The Kier molecular flexibility index (Phi) is 6.17. The summed E-state index contributed by atoms with van der Waals surface area (Å²) in [5.74, 6) is 0.936. The van der Waals surface area contributed by atoms with Gasteiger partial charge >= 0.3 is 0 Å². The third-order valence-electron chi connectivity index (χ3n) is 6.02. The SMILES string of the molecule is O=C(Nc1ccccn1)c1cccc(C2CCCN(C(=O)C3CCCCC3)C2)n1. The summed E-state index contributed by atoms with van der Waals surface area (Å²) >= 11 is 0. The summed E-state index contributed by atoms with van der Waals surface area (Å²) < 4.78 is 0. The van der Waals surface area contributed by atoms with E-state index in [1.54, 1.807) is 24.4 Å². The van der Waals surface area contributed by atoms with Gasteiger partial charge in [0.15, 0.2) is 0 Å². The zero-order valence-electron chi connectivity index (χ0n) is 16.7. The van der Waals surface area contributed by atoms with E-state index in [1.807, 2.05) is 23.1 Å². The zero-order chi connectivity index (χ0) is 20.1. The Morgan fingerprint density at radius 1 is 0.966 bits per heavy atom. The second kappa shape index (κ2) is 9.16. The van der Waals surface area contributed by atoms with Crippen LogP contribution in [0.5, 0.6) is 0 Å². The summed E-state index contributed by atoms with van der Waals surface area (Å²) in [6, 6.07) is 10.9. The molecule has 1 aliphatic heterocycles. The first-order valence-corrected chi connectivity index (χ1v) is 10.7. The van der Waals surface area contributed by atoms with Crippen LogP contribution in [0.1, 0.15) is 67.0 Å². The standard InChI is InChI=1S/C23H28N4O2/c28-22(26-21-13-4-5-14-24-21)20-12-6-11-19(25-20)18-10-7-15-27(16-18)23(29)17-8-2-1-3-9-17/h4-6,11-14,17-18H,1-3,7-10,15-16H2,(H,24,26,28). The Morgan fingerprint density at radius 3 is 2.62 bits per heavy atom. The average Bonchev–Trinajstić information content (AvgIpc) is 2.80. The fraction of sp³-hybridized carbons (Fsp3) is 0.478. The number of rotatable bonds is 4. The molecular weight excluding hydrogens is 364 g/mol. The van der Waals surface area contributed by atoms with E-state index in [0.29, 0.717) is 24.0 Å². The van der Waals surface area contributed by atoms with E-state index < -0.39 is 0 Å². The predicted octanol–water partition coefficient (Wildman–Crippen LogP) is 4.02. The van der Waals surface area contributed by atoms with Crippen molar-refractivity contribution in [2.75, 3.05) is 18.4 Å². The summed E-state index contributed by atoms with van der Waals surface area (Å²) in [4.78, 5) is 36.3. The number of carbonyl (C=O) groups is 2. The molecule has 2 fully saturated rings. The fourth-order valence-corrected chi connectivity index (χ4v) is 4.45. The summed E-state index contributed by atoms with van der Waals surface area (Å²) in [7, 11) is 0. The Balaban J connectivity index is 1.43. The van der Waals surface area contributed by atoms with Crippen molar-refractivity contribution >= 4 is 17.6 Å². The highest BCUT2D eigenvalue weighted by atomic mass is 16.2. The number of amides is 2. The van der Waals surface area contributed by atoms with Crippen molar-refractivity contribution in [1.82, 2.24) is 14.9 Å². The third kappa shape index (κ3) is 4.81. The molecule has 1 unspecified atom stereocenters. The van der Waals surface area contributed by atoms with E-state index in [-0.39, 0.29) is 17.7 Å². The van der Waals surface area contributed by atoms with Crippen molar-refractivity contribution in [3.05, 3.63) is 54.0 Å². The maximum atomic E-state index is 12.9. The lowest BCUT2D eigenvalue weighted by Gasteiger charge is -2.35. The van der Waals surface area contributed by atoms with Crippen LogP contribution in [0.25, 0.3) is 0 Å². The molecule has 1 N–H and O–H groups in total. The molecule has 2 aliphatic rings. The van der Waals surface area contributed by atoms with Crippen LogP contribution in [0.2, 0.25) is 0 Å². The van der Waals surface area contributed by atoms with Crippen LogP contribution in [-0.2, 0) is 4.79 Å². The highest BCUT2D eigenvalue weighted by molar-refractivity contribution is 6.02. The number of carbonyl (C=O) groups excluding carboxylic acids is 2. The van der Waals surface area contributed by atoms with Crippen LogP contribution in [0.3, 0.4) is 0 Å². The Morgan fingerprint density at radius 2 is 1.83 bits per heavy atom. The molecule has 1 saturated carbocycles. The lowest BCUT2D eigenvalue weighted by molar-refractivity contribution is -0.137. The minimum absolute atomic E-state index is 0.180. The van der Waals surface area contributed by atoms with Gasteiger partial charge in [0.2, 0.25) is 5.91 Å². The zero-order valence-corrected chi connectivity index (χ0v) is 16.7. The van der Waals surface area contributed by atoms with Gasteiger partial charge in [0.25, 0.3) is 5.91 Å². The molecule has 6 nitrogen and oxygen atoms in total. The number of nitrogens with one attached hydrogen (secondary N) is 1. The molecule has 3 heterocycles. The molecule has 1 saturated heterocycles. The van der Waals surface area contributed by atoms with Gasteiger partial charge in [-0.1, -0.05) is 31.4 Å². The van der Waals surface area contributed by atoms with Crippen LogP contribution < -0.4 is 5.32 Å². The molecule has 6 heteroatoms. The molecule has 1 atom stereocenters. The molecule has 2 amide bonds. The van der Waals surface area contributed by atoms with Gasteiger partial charge in [0.1, 0.15) is 11.5 Å². The van der Waals surface area contributed by atoms with Crippen LogP contribution in [0.4, 0.5) is 5.82 Å². The first-order chi connectivity index (χ1) is 14.2. The number of likely N-dealkylation sites (tertiary alicyclic amines) is 1. The summed E-state index contributed by atoms with van der Waals surface area (Å²) in [6.07, 6.45) is 9.26. The van der Waals surface area contributed by atoms with E-state index in [1.165, 1.54) is 19.3 Å². The van der Waals surface area contributed by atoms with Crippen molar-refractivity contribution in [3.63, 3.8) is 0 Å². The summed E-state index contributed by atoms with van der Waals surface area (Å²) in [5.41, 5.74) is 1.27. The van der Waals surface area contributed by atoms with Crippen molar-refractivity contribution in [1.29, 1.82) is 0 Å². The minimum Gasteiger partial charge on any atom is -0.342 e. The third-order valence-corrected chi connectivity index (χ3v) is 6.02. The number of nitrogens with zero attached hydrogens (tertiary/aromatic N) is 3. The maximum Gasteiger partial charge on any atom is 0.275 e. The molecule has 4 rings (SSSR count). The Bertz CT molecular complexity index is 849. The molecule has 2 aromatic heterocycles. The van der Waals surface area contributed by atoms with Crippen molar-refractivity contribution in [2.45, 2.75) is 50.9 Å². The molecule has 152 valence electrons. The van der Waals surface area contributed by atoms with Crippen molar-refractivity contribution < 1.29 is 9.59 Å². The number of anilines is 1. The molecule has 1 aliphatic carbocycles. The molecule has 0 spiro atoms. The predicted molar refractivity (Wildman–Crippen MR) is 112 cm³/mol. The Labute approximate surface area is 171 Å². The number of piperidine rings is 1. The molecule has 0 bridgehead atoms. The number of hydrogen-bond acceptors (Lipinski definition) is 4. The number of aromatic nitrogens is 2. The minimum atomic E-state index is -0.267. The topological polar surface area (TPSA) is 75.2 Å². The van der Waals surface area contributed by atoms with Gasteiger partial charge in [-0.2, -0.15) is 0 Å². The molecule has 2 aromatic rings. The number of pyridine rings is 2. The van der Waals surface area contributed by atoms with Crippen LogP contribution in [-0.4, -0.2) is 39.8 Å². The van der Waals surface area contributed by atoms with Gasteiger partial charge in [-0.05, 0) is 49.9 Å². The first-order valence-electron chi connectivity index (χ1n) is 10.7. The van der Waals surface area contributed by atoms with Crippen LogP contribution in [0.15, 0.2) is 42.6 Å². The van der Waals surface area contributed by atoms with E-state index in [4.69, 9.17) is 0 Å². The van der Waals surface area contributed by atoms with Crippen molar-refractivity contribution in [2.24, 2.45) is 5.92 Å². The van der Waals surface area contributed by atoms with E-state index in [2.05, 4.69) is 15.3 Å². The van der Waals surface area contributed by atoms with Gasteiger partial charge < -0.3 is 10.2 Å². The molecule has 0 aromatic carbocycles. The van der Waals surface area contributed by atoms with E-state index in [0.717, 1.165) is 37.9 Å². The van der Waals surface area contributed by atoms with Gasteiger partial charge in [0, 0.05) is 36.8 Å². The molecule has 0 radical (unpaired) electrons. The van der Waals surface area contributed by atoms with Crippen LogP contribution in [0, 0.1) is 5.92 Å². The summed E-state index contributed by atoms with van der Waals surface area (Å²) in [6.45, 7) is 1.54. The van der Waals surface area contributed by atoms with Gasteiger partial charge in [0.05, 0.1) is 0 Å². The lowest BCUT2D eigenvalue weighted by atomic mass is 9.86. The highest BCUT2D eigenvalue weighted by Crippen LogP contribution is 2.30. The second-order valence-electron chi connectivity index (χ2n) is 8.08. The fourth-order valence-electron chi connectivity index (χ4n) is 4.45. The smallest absolute Gasteiger partial charge is 0.275 e. The van der Waals surface area contributed by atoms with Crippen LogP contribution >= 0.6 is 0 Å². The molecule has 29 heavy (non-hydrogen) atoms.